The number of benzene rings is 2. The van der Waals surface area contributed by atoms with Crippen LogP contribution in [-0.2, 0) is 0 Å². The number of hydrogen-bond acceptors (Lipinski definition) is 1. The van der Waals surface area contributed by atoms with Crippen LogP contribution in [0.15, 0.2) is 36.4 Å². The minimum atomic E-state index is 0.396. The molecule has 0 amide bonds. The minimum absolute atomic E-state index is 0.396. The van der Waals surface area contributed by atoms with Crippen LogP contribution >= 0.6 is 46.4 Å². The molecule has 0 atom stereocenters. The number of rotatable bonds is 2. The van der Waals surface area contributed by atoms with Crippen LogP contribution in [0.4, 0.5) is 0 Å². The van der Waals surface area contributed by atoms with E-state index >= 15 is 0 Å². The van der Waals surface area contributed by atoms with E-state index in [-0.39, 0.29) is 0 Å². The molecule has 2 aromatic carbocycles. The molecule has 0 aromatic heterocycles. The Morgan fingerprint density at radius 1 is 0.900 bits per heavy atom. The van der Waals surface area contributed by atoms with Gasteiger partial charge in [0.2, 0.25) is 0 Å². The Hall–Kier alpha value is -1.17. The topological polar surface area (TPSA) is 23.8 Å². The van der Waals surface area contributed by atoms with Crippen molar-refractivity contribution in [3.8, 4) is 6.07 Å². The maximum atomic E-state index is 9.28. The maximum absolute atomic E-state index is 9.28. The zero-order valence-electron chi connectivity index (χ0n) is 10.0. The summed E-state index contributed by atoms with van der Waals surface area (Å²) in [6.45, 7) is 0. The highest BCUT2D eigenvalue weighted by Crippen LogP contribution is 2.29. The van der Waals surface area contributed by atoms with E-state index in [0.29, 0.717) is 36.8 Å². The molecule has 0 aliphatic heterocycles. The predicted molar refractivity (Wildman–Crippen MR) is 86.4 cm³/mol. The summed E-state index contributed by atoms with van der Waals surface area (Å²) >= 11 is 23.7. The molecule has 2 aromatic rings. The molecule has 0 N–H and O–H groups in total. The lowest BCUT2D eigenvalue weighted by Crippen LogP contribution is -1.84. The van der Waals surface area contributed by atoms with E-state index < -0.39 is 0 Å². The van der Waals surface area contributed by atoms with Crippen molar-refractivity contribution >= 4 is 58.1 Å². The number of halogens is 4. The van der Waals surface area contributed by atoms with E-state index in [1.54, 1.807) is 42.5 Å². The fourth-order valence-corrected chi connectivity index (χ4v) is 2.38. The molecule has 0 bridgehead atoms. The highest BCUT2D eigenvalue weighted by molar-refractivity contribution is 6.42. The van der Waals surface area contributed by atoms with Crippen LogP contribution in [0.3, 0.4) is 0 Å². The highest BCUT2D eigenvalue weighted by atomic mass is 35.5. The van der Waals surface area contributed by atoms with Crippen molar-refractivity contribution in [3.05, 3.63) is 67.6 Å². The van der Waals surface area contributed by atoms with Crippen LogP contribution in [0.2, 0.25) is 20.1 Å². The fourth-order valence-electron chi connectivity index (χ4n) is 1.62. The molecule has 0 heterocycles. The third-order valence-corrected chi connectivity index (χ3v) is 3.91. The first kappa shape index (κ1) is 15.2. The fraction of sp³-hybridized carbons (Fsp3) is 0. The van der Waals surface area contributed by atoms with Gasteiger partial charge in [-0.25, -0.2) is 0 Å². The average Bonchev–Trinajstić information content (AvgIpc) is 2.41. The molecule has 1 nitrogen and oxygen atoms in total. The number of hydrogen-bond donors (Lipinski definition) is 0. The average molecular weight is 343 g/mol. The first-order valence-corrected chi connectivity index (χ1v) is 7.04. The minimum Gasteiger partial charge on any atom is -0.192 e. The van der Waals surface area contributed by atoms with Gasteiger partial charge in [-0.1, -0.05) is 58.5 Å². The number of nitriles is 1. The molecule has 0 saturated heterocycles. The SMILES string of the molecule is N#C/C(=C/c1ccc(Cl)cc1Cl)c1ccc(Cl)c(Cl)c1. The van der Waals surface area contributed by atoms with Crippen LogP contribution in [0.5, 0.6) is 0 Å². The van der Waals surface area contributed by atoms with E-state index in [4.69, 9.17) is 46.4 Å². The molecular formula is C15H7Cl4N. The monoisotopic (exact) mass is 341 g/mol. The summed E-state index contributed by atoms with van der Waals surface area (Å²) in [5, 5.41) is 11.1. The van der Waals surface area contributed by atoms with Gasteiger partial charge in [-0.2, -0.15) is 5.26 Å². The molecule has 5 heteroatoms. The molecule has 20 heavy (non-hydrogen) atoms. The Morgan fingerprint density at radius 2 is 1.65 bits per heavy atom. The molecule has 0 saturated carbocycles. The van der Waals surface area contributed by atoms with E-state index in [9.17, 15) is 5.26 Å². The molecular weight excluding hydrogens is 336 g/mol. The van der Waals surface area contributed by atoms with Gasteiger partial charge < -0.3 is 0 Å². The molecule has 2 rings (SSSR count). The normalized spacial score (nSPS) is 11.2. The van der Waals surface area contributed by atoms with Gasteiger partial charge in [-0.3, -0.25) is 0 Å². The largest absolute Gasteiger partial charge is 0.192 e. The van der Waals surface area contributed by atoms with Gasteiger partial charge in [0.25, 0.3) is 0 Å². The number of allylic oxidation sites excluding steroid dienone is 1. The van der Waals surface area contributed by atoms with E-state index in [0.717, 1.165) is 0 Å². The summed E-state index contributed by atoms with van der Waals surface area (Å²) in [4.78, 5) is 0. The summed E-state index contributed by atoms with van der Waals surface area (Å²) in [5.74, 6) is 0. The first-order valence-electron chi connectivity index (χ1n) is 5.53. The quantitative estimate of drug-likeness (QED) is 0.459. The third kappa shape index (κ3) is 3.48. The lowest BCUT2D eigenvalue weighted by atomic mass is 10.0. The zero-order chi connectivity index (χ0) is 14.7. The Morgan fingerprint density at radius 3 is 2.25 bits per heavy atom. The molecule has 0 radical (unpaired) electrons. The van der Waals surface area contributed by atoms with E-state index in [1.165, 1.54) is 0 Å². The zero-order valence-corrected chi connectivity index (χ0v) is 13.0. The standard InChI is InChI=1S/C15H7Cl4N/c16-12-3-1-10(14(18)7-12)5-11(8-20)9-2-4-13(17)15(19)6-9/h1-7H/b11-5-. The van der Waals surface area contributed by atoms with E-state index in [1.807, 2.05) is 0 Å². The predicted octanol–water partition coefficient (Wildman–Crippen LogP) is 6.36. The van der Waals surface area contributed by atoms with Crippen molar-refractivity contribution in [1.29, 1.82) is 5.26 Å². The van der Waals surface area contributed by atoms with Gasteiger partial charge in [0, 0.05) is 10.0 Å². The van der Waals surface area contributed by atoms with Crippen molar-refractivity contribution in [3.63, 3.8) is 0 Å². The summed E-state index contributed by atoms with van der Waals surface area (Å²) in [5.41, 5.74) is 1.82. The van der Waals surface area contributed by atoms with Gasteiger partial charge >= 0.3 is 0 Å². The van der Waals surface area contributed by atoms with Crippen LogP contribution in [0.25, 0.3) is 11.6 Å². The third-order valence-electron chi connectivity index (χ3n) is 2.61. The second kappa shape index (κ2) is 6.52. The van der Waals surface area contributed by atoms with Crippen molar-refractivity contribution in [2.24, 2.45) is 0 Å². The van der Waals surface area contributed by atoms with Crippen LogP contribution in [-0.4, -0.2) is 0 Å². The summed E-state index contributed by atoms with van der Waals surface area (Å²) in [6.07, 6.45) is 1.68. The Bertz CT molecular complexity index is 729. The molecule has 0 spiro atoms. The second-order valence-electron chi connectivity index (χ2n) is 3.96. The smallest absolute Gasteiger partial charge is 0.0998 e. The van der Waals surface area contributed by atoms with Gasteiger partial charge in [0.1, 0.15) is 0 Å². The highest BCUT2D eigenvalue weighted by Gasteiger charge is 2.06. The Balaban J connectivity index is 2.49. The summed E-state index contributed by atoms with van der Waals surface area (Å²) < 4.78 is 0. The van der Waals surface area contributed by atoms with Crippen molar-refractivity contribution in [2.45, 2.75) is 0 Å². The van der Waals surface area contributed by atoms with Crippen molar-refractivity contribution < 1.29 is 0 Å². The van der Waals surface area contributed by atoms with Crippen LogP contribution < -0.4 is 0 Å². The molecule has 0 aliphatic rings. The van der Waals surface area contributed by atoms with Gasteiger partial charge in [-0.15, -0.1) is 0 Å². The van der Waals surface area contributed by atoms with Crippen LogP contribution in [0.1, 0.15) is 11.1 Å². The number of nitrogens with zero attached hydrogens (tertiary/aromatic N) is 1. The first-order chi connectivity index (χ1) is 9.51. The molecule has 0 aliphatic carbocycles. The Labute approximate surface area is 136 Å². The molecule has 0 fully saturated rings. The second-order valence-corrected chi connectivity index (χ2v) is 5.62. The van der Waals surface area contributed by atoms with Gasteiger partial charge in [-0.05, 0) is 41.5 Å². The lowest BCUT2D eigenvalue weighted by Gasteiger charge is -2.04. The summed E-state index contributed by atoms with van der Waals surface area (Å²) in [7, 11) is 0. The van der Waals surface area contributed by atoms with Gasteiger partial charge in [0.05, 0.1) is 21.7 Å². The maximum Gasteiger partial charge on any atom is 0.0998 e. The van der Waals surface area contributed by atoms with E-state index in [2.05, 4.69) is 6.07 Å². The lowest BCUT2D eigenvalue weighted by molar-refractivity contribution is 1.52. The van der Waals surface area contributed by atoms with Crippen LogP contribution in [0, 0.1) is 11.3 Å². The van der Waals surface area contributed by atoms with Gasteiger partial charge in [0.15, 0.2) is 0 Å². The van der Waals surface area contributed by atoms with Crippen molar-refractivity contribution in [1.82, 2.24) is 0 Å². The molecule has 100 valence electrons. The summed E-state index contributed by atoms with van der Waals surface area (Å²) in [6, 6.07) is 12.2. The van der Waals surface area contributed by atoms with Crippen molar-refractivity contribution in [2.75, 3.05) is 0 Å². The Kier molecular flexibility index (Phi) is 4.96. The molecule has 0 unspecified atom stereocenters.